The summed E-state index contributed by atoms with van der Waals surface area (Å²) in [6.45, 7) is 2.02. The van der Waals surface area contributed by atoms with Crippen LogP contribution in [-0.2, 0) is 13.5 Å². The minimum absolute atomic E-state index is 0.213. The Balaban J connectivity index is 1.95. The largest absolute Gasteiger partial charge is 0.399 e. The van der Waals surface area contributed by atoms with Gasteiger partial charge in [0, 0.05) is 19.2 Å². The van der Waals surface area contributed by atoms with Gasteiger partial charge in [-0.15, -0.1) is 0 Å². The zero-order valence-corrected chi connectivity index (χ0v) is 13.2. The van der Waals surface area contributed by atoms with Gasteiger partial charge in [-0.1, -0.05) is 24.3 Å². The number of carbonyl (C=O) groups excluding carboxylic acids is 1. The monoisotopic (exact) mass is 309 g/mol. The molecule has 0 bridgehead atoms. The van der Waals surface area contributed by atoms with Crippen LogP contribution >= 0.6 is 0 Å². The fourth-order valence-corrected chi connectivity index (χ4v) is 2.84. The minimum Gasteiger partial charge on any atom is -0.399 e. The number of hydrogen-bond donors (Lipinski definition) is 1. The highest BCUT2D eigenvalue weighted by Gasteiger charge is 2.17. The van der Waals surface area contributed by atoms with Crippen LogP contribution in [0.2, 0.25) is 0 Å². The number of hydrogen-bond acceptors (Lipinski definition) is 3. The third kappa shape index (κ3) is 2.65. The summed E-state index contributed by atoms with van der Waals surface area (Å²) in [5.41, 5.74) is 9.53. The normalized spacial score (nSPS) is 11.0. The van der Waals surface area contributed by atoms with Crippen LogP contribution in [-0.4, -0.2) is 15.0 Å². The van der Waals surface area contributed by atoms with Gasteiger partial charge in [0.05, 0.1) is 11.0 Å². The molecule has 5 heteroatoms. The number of fused-ring (bicyclic) bond motifs is 1. The molecule has 0 aliphatic carbocycles. The van der Waals surface area contributed by atoms with Gasteiger partial charge < -0.3 is 5.73 Å². The van der Waals surface area contributed by atoms with Crippen molar-refractivity contribution in [2.75, 3.05) is 5.73 Å². The van der Waals surface area contributed by atoms with E-state index in [9.17, 15) is 9.59 Å². The summed E-state index contributed by atoms with van der Waals surface area (Å²) in [7, 11) is 1.66. The van der Waals surface area contributed by atoms with Gasteiger partial charge in [0.1, 0.15) is 0 Å². The molecule has 5 nitrogen and oxygen atoms in total. The molecule has 23 heavy (non-hydrogen) atoms. The maximum atomic E-state index is 12.6. The van der Waals surface area contributed by atoms with Gasteiger partial charge in [0.15, 0.2) is 0 Å². The Morgan fingerprint density at radius 1 is 1.13 bits per heavy atom. The Morgan fingerprint density at radius 3 is 2.61 bits per heavy atom. The molecule has 118 valence electrons. The van der Waals surface area contributed by atoms with Crippen LogP contribution < -0.4 is 11.4 Å². The van der Waals surface area contributed by atoms with Gasteiger partial charge in [0.2, 0.25) is 5.91 Å². The van der Waals surface area contributed by atoms with E-state index in [-0.39, 0.29) is 18.0 Å². The summed E-state index contributed by atoms with van der Waals surface area (Å²) in [4.78, 5) is 25.0. The van der Waals surface area contributed by atoms with Crippen LogP contribution in [0.15, 0.2) is 47.3 Å². The predicted octanol–water partition coefficient (Wildman–Crippen LogP) is 2.50. The van der Waals surface area contributed by atoms with Crippen LogP contribution in [0, 0.1) is 6.92 Å². The molecule has 0 radical (unpaired) electrons. The van der Waals surface area contributed by atoms with E-state index in [1.165, 1.54) is 9.13 Å². The first-order valence-corrected chi connectivity index (χ1v) is 7.53. The van der Waals surface area contributed by atoms with Gasteiger partial charge in [-0.05, 0) is 42.7 Å². The maximum Gasteiger partial charge on any atom is 0.335 e. The van der Waals surface area contributed by atoms with Crippen LogP contribution in [0.5, 0.6) is 0 Å². The lowest BCUT2D eigenvalue weighted by molar-refractivity contribution is 0.0903. The van der Waals surface area contributed by atoms with Crippen molar-refractivity contribution in [3.05, 3.63) is 64.1 Å². The Labute approximate surface area is 134 Å². The molecular weight excluding hydrogens is 290 g/mol. The van der Waals surface area contributed by atoms with Crippen molar-refractivity contribution in [2.24, 2.45) is 7.05 Å². The second kappa shape index (κ2) is 5.76. The molecule has 0 aliphatic rings. The summed E-state index contributed by atoms with van der Waals surface area (Å²) < 4.78 is 2.70. The van der Waals surface area contributed by atoms with Crippen molar-refractivity contribution in [3.8, 4) is 0 Å². The number of anilines is 1. The Kier molecular flexibility index (Phi) is 3.78. The SMILES string of the molecule is Cc1ccccc1CCC(=O)n1c(=O)n(C)c2ccc(N)cc21. The van der Waals surface area contributed by atoms with Gasteiger partial charge in [-0.3, -0.25) is 9.36 Å². The van der Waals surface area contributed by atoms with E-state index < -0.39 is 0 Å². The molecule has 2 aromatic carbocycles. The van der Waals surface area contributed by atoms with E-state index in [0.717, 1.165) is 11.1 Å². The highest BCUT2D eigenvalue weighted by molar-refractivity contribution is 5.91. The molecule has 1 heterocycles. The summed E-state index contributed by atoms with van der Waals surface area (Å²) in [6.07, 6.45) is 0.884. The van der Waals surface area contributed by atoms with Crippen LogP contribution in [0.4, 0.5) is 5.69 Å². The van der Waals surface area contributed by atoms with E-state index in [1.54, 1.807) is 25.2 Å². The maximum absolute atomic E-state index is 12.6. The molecule has 0 saturated heterocycles. The van der Waals surface area contributed by atoms with E-state index in [0.29, 0.717) is 23.1 Å². The van der Waals surface area contributed by atoms with Crippen molar-refractivity contribution < 1.29 is 4.79 Å². The first-order chi connectivity index (χ1) is 11.0. The number of aromatic nitrogens is 2. The highest BCUT2D eigenvalue weighted by atomic mass is 16.2. The number of imidazole rings is 1. The standard InChI is InChI=1S/C18H19N3O2/c1-12-5-3-4-6-13(12)7-10-17(22)21-16-11-14(19)8-9-15(16)20(2)18(21)23/h3-6,8-9,11H,7,10,19H2,1-2H3. The van der Waals surface area contributed by atoms with Crippen molar-refractivity contribution in [1.29, 1.82) is 0 Å². The van der Waals surface area contributed by atoms with E-state index in [2.05, 4.69) is 0 Å². The fraction of sp³-hybridized carbons (Fsp3) is 0.222. The molecule has 0 atom stereocenters. The first kappa shape index (κ1) is 15.1. The van der Waals surface area contributed by atoms with Crippen molar-refractivity contribution >= 4 is 22.6 Å². The molecule has 0 aliphatic heterocycles. The van der Waals surface area contributed by atoms with Crippen LogP contribution in [0.25, 0.3) is 11.0 Å². The van der Waals surface area contributed by atoms with Gasteiger partial charge in [-0.25, -0.2) is 9.36 Å². The first-order valence-electron chi connectivity index (χ1n) is 7.53. The minimum atomic E-state index is -0.333. The second-order valence-electron chi connectivity index (χ2n) is 5.75. The van der Waals surface area contributed by atoms with Gasteiger partial charge >= 0.3 is 5.69 Å². The Bertz CT molecular complexity index is 951. The number of aryl methyl sites for hydroxylation is 3. The van der Waals surface area contributed by atoms with Crippen LogP contribution in [0.3, 0.4) is 0 Å². The number of nitrogen functional groups attached to an aromatic ring is 1. The molecule has 1 aromatic heterocycles. The molecule has 3 aromatic rings. The quantitative estimate of drug-likeness (QED) is 0.756. The zero-order chi connectivity index (χ0) is 16.6. The molecule has 0 fully saturated rings. The lowest BCUT2D eigenvalue weighted by Crippen LogP contribution is -2.28. The lowest BCUT2D eigenvalue weighted by Gasteiger charge is -2.06. The average molecular weight is 309 g/mol. The number of carbonyl (C=O) groups is 1. The van der Waals surface area contributed by atoms with E-state index >= 15 is 0 Å². The second-order valence-corrected chi connectivity index (χ2v) is 5.75. The molecule has 2 N–H and O–H groups in total. The van der Waals surface area contributed by atoms with Crippen LogP contribution in [0.1, 0.15) is 22.3 Å². The molecule has 0 amide bonds. The number of nitrogens with two attached hydrogens (primary N) is 1. The third-order valence-corrected chi connectivity index (χ3v) is 4.20. The smallest absolute Gasteiger partial charge is 0.335 e. The number of rotatable bonds is 3. The molecule has 3 rings (SSSR count). The Morgan fingerprint density at radius 2 is 1.87 bits per heavy atom. The van der Waals surface area contributed by atoms with Crippen molar-refractivity contribution in [2.45, 2.75) is 19.8 Å². The molecule has 0 saturated carbocycles. The summed E-state index contributed by atoms with van der Waals surface area (Å²) in [5.74, 6) is -0.213. The zero-order valence-electron chi connectivity index (χ0n) is 13.2. The average Bonchev–Trinajstić information content (AvgIpc) is 2.77. The van der Waals surface area contributed by atoms with Crippen molar-refractivity contribution in [3.63, 3.8) is 0 Å². The topological polar surface area (TPSA) is 70.0 Å². The van der Waals surface area contributed by atoms with Crippen molar-refractivity contribution in [1.82, 2.24) is 9.13 Å². The Hall–Kier alpha value is -2.82. The molecule has 0 spiro atoms. The lowest BCUT2D eigenvalue weighted by atomic mass is 10.0. The number of benzene rings is 2. The fourth-order valence-electron chi connectivity index (χ4n) is 2.84. The molecule has 0 unspecified atom stereocenters. The summed E-state index contributed by atoms with van der Waals surface area (Å²) in [6, 6.07) is 13.1. The number of nitrogens with zero attached hydrogens (tertiary/aromatic N) is 2. The van der Waals surface area contributed by atoms with Gasteiger partial charge in [0.25, 0.3) is 0 Å². The van der Waals surface area contributed by atoms with E-state index in [4.69, 9.17) is 5.73 Å². The summed E-state index contributed by atoms with van der Waals surface area (Å²) >= 11 is 0. The molecular formula is C18H19N3O2. The van der Waals surface area contributed by atoms with E-state index in [1.807, 2.05) is 31.2 Å². The van der Waals surface area contributed by atoms with Gasteiger partial charge in [-0.2, -0.15) is 0 Å². The predicted molar refractivity (Wildman–Crippen MR) is 91.7 cm³/mol. The summed E-state index contributed by atoms with van der Waals surface area (Å²) in [5, 5.41) is 0. The third-order valence-electron chi connectivity index (χ3n) is 4.20. The highest BCUT2D eigenvalue weighted by Crippen LogP contribution is 2.17.